The van der Waals surface area contributed by atoms with E-state index in [1.54, 1.807) is 31.2 Å². The Labute approximate surface area is 205 Å². The molecular weight excluding hydrogens is 451 g/mol. The molecule has 0 saturated heterocycles. The van der Waals surface area contributed by atoms with Crippen LogP contribution in [0.4, 0.5) is 10.2 Å². The number of nitrogens with zero attached hydrogens (tertiary/aromatic N) is 2. The van der Waals surface area contributed by atoms with E-state index in [0.29, 0.717) is 12.2 Å². The second-order valence-electron chi connectivity index (χ2n) is 9.55. The van der Waals surface area contributed by atoms with Gasteiger partial charge in [-0.15, -0.1) is 0 Å². The maximum Gasteiger partial charge on any atom is 0.247 e. The lowest BCUT2D eigenvalue weighted by Gasteiger charge is -2.33. The molecular formula is C26H35FN4O4. The van der Waals surface area contributed by atoms with Crippen molar-refractivity contribution in [3.8, 4) is 0 Å². The van der Waals surface area contributed by atoms with Gasteiger partial charge in [0, 0.05) is 37.1 Å². The number of rotatable bonds is 11. The zero-order chi connectivity index (χ0) is 25.4. The topological polar surface area (TPSA) is 105 Å². The third kappa shape index (κ3) is 7.63. The van der Waals surface area contributed by atoms with Crippen molar-refractivity contribution in [1.82, 2.24) is 15.4 Å². The molecule has 1 atom stereocenters. The molecule has 2 aromatic rings. The molecule has 0 spiro atoms. The monoisotopic (exact) mass is 486 g/mol. The van der Waals surface area contributed by atoms with Gasteiger partial charge in [0.1, 0.15) is 17.6 Å². The van der Waals surface area contributed by atoms with Crippen LogP contribution in [0.5, 0.6) is 0 Å². The number of anilines is 1. The molecule has 35 heavy (non-hydrogen) atoms. The molecule has 3 rings (SSSR count). The fraction of sp³-hybridized carbons (Fsp3) is 0.538. The molecule has 9 heteroatoms. The zero-order valence-electron chi connectivity index (χ0n) is 20.7. The van der Waals surface area contributed by atoms with E-state index in [4.69, 9.17) is 4.52 Å². The number of hydrogen-bond donors (Lipinski definition) is 2. The molecule has 1 aromatic heterocycles. The average Bonchev–Trinajstić information content (AvgIpc) is 3.47. The van der Waals surface area contributed by atoms with Gasteiger partial charge in [-0.2, -0.15) is 0 Å². The number of halogens is 1. The van der Waals surface area contributed by atoms with Crippen molar-refractivity contribution in [1.29, 1.82) is 0 Å². The molecule has 1 aliphatic carbocycles. The molecule has 0 bridgehead atoms. The summed E-state index contributed by atoms with van der Waals surface area (Å²) in [5.41, 5.74) is 0.155. The molecule has 190 valence electrons. The first-order valence-electron chi connectivity index (χ1n) is 12.3. The first kappa shape index (κ1) is 26.4. The largest absolute Gasteiger partial charge is 0.360 e. The molecule has 0 unspecified atom stereocenters. The summed E-state index contributed by atoms with van der Waals surface area (Å²) in [5, 5.41) is 9.34. The molecule has 0 radical (unpaired) electrons. The molecule has 0 aliphatic heterocycles. The Balaban J connectivity index is 1.79. The quantitative estimate of drug-likeness (QED) is 0.486. The third-order valence-corrected chi connectivity index (χ3v) is 6.19. The SMILES string of the molecule is Cc1cc(NC(=O)CCC(=O)N(CCC(C)C)[C@H](C(=O)NC2CCCC2)c2ccccc2F)no1. The van der Waals surface area contributed by atoms with E-state index in [1.807, 2.05) is 13.8 Å². The summed E-state index contributed by atoms with van der Waals surface area (Å²) in [6, 6.07) is 6.55. The standard InChI is InChI=1S/C26H35FN4O4/c1-17(2)14-15-31(24(33)13-12-23(32)29-22-16-18(3)35-30-22)25(20-10-6-7-11-21(20)27)26(34)28-19-8-4-5-9-19/h6-7,10-11,16-17,19,25H,4-5,8-9,12-15H2,1-3H3,(H,28,34)(H,29,30,32)/t25-/m0/s1. The number of nitrogens with one attached hydrogen (secondary N) is 2. The van der Waals surface area contributed by atoms with E-state index in [-0.39, 0.29) is 54.5 Å². The van der Waals surface area contributed by atoms with Crippen LogP contribution in [-0.4, -0.2) is 40.4 Å². The summed E-state index contributed by atoms with van der Waals surface area (Å²) in [5.74, 6) is -0.611. The summed E-state index contributed by atoms with van der Waals surface area (Å²) < 4.78 is 19.8. The molecule has 1 fully saturated rings. The van der Waals surface area contributed by atoms with Crippen molar-refractivity contribution in [2.45, 2.75) is 77.8 Å². The number of hydrogen-bond acceptors (Lipinski definition) is 5. The van der Waals surface area contributed by atoms with Crippen LogP contribution >= 0.6 is 0 Å². The Kier molecular flexibility index (Phi) is 9.39. The summed E-state index contributed by atoms with van der Waals surface area (Å²) in [6.45, 7) is 6.02. The second kappa shape index (κ2) is 12.5. The normalized spacial score (nSPS) is 14.7. The van der Waals surface area contributed by atoms with E-state index in [2.05, 4.69) is 15.8 Å². The van der Waals surface area contributed by atoms with E-state index in [9.17, 15) is 18.8 Å². The van der Waals surface area contributed by atoms with Crippen molar-refractivity contribution >= 4 is 23.5 Å². The Morgan fingerprint density at radius 1 is 1.17 bits per heavy atom. The van der Waals surface area contributed by atoms with Crippen LogP contribution in [0.1, 0.15) is 76.2 Å². The fourth-order valence-corrected chi connectivity index (χ4v) is 4.29. The lowest BCUT2D eigenvalue weighted by molar-refractivity contribution is -0.142. The minimum Gasteiger partial charge on any atom is -0.360 e. The van der Waals surface area contributed by atoms with Crippen LogP contribution in [0.15, 0.2) is 34.9 Å². The van der Waals surface area contributed by atoms with E-state index >= 15 is 0 Å². The van der Waals surface area contributed by atoms with Gasteiger partial charge in [0.05, 0.1) is 0 Å². The Morgan fingerprint density at radius 3 is 2.51 bits per heavy atom. The van der Waals surface area contributed by atoms with Crippen molar-refractivity contribution in [3.63, 3.8) is 0 Å². The van der Waals surface area contributed by atoms with E-state index in [1.165, 1.54) is 11.0 Å². The van der Waals surface area contributed by atoms with Crippen LogP contribution in [-0.2, 0) is 14.4 Å². The summed E-state index contributed by atoms with van der Waals surface area (Å²) in [4.78, 5) is 40.6. The minimum absolute atomic E-state index is 0.0236. The van der Waals surface area contributed by atoms with Gasteiger partial charge in [0.2, 0.25) is 17.7 Å². The number of carbonyl (C=O) groups is 3. The van der Waals surface area contributed by atoms with E-state index < -0.39 is 17.8 Å². The maximum atomic E-state index is 14.9. The summed E-state index contributed by atoms with van der Waals surface area (Å²) >= 11 is 0. The van der Waals surface area contributed by atoms with Crippen molar-refractivity contribution < 1.29 is 23.3 Å². The Bertz CT molecular complexity index is 1020. The highest BCUT2D eigenvalue weighted by Gasteiger charge is 2.34. The third-order valence-electron chi connectivity index (χ3n) is 6.19. The first-order valence-corrected chi connectivity index (χ1v) is 12.3. The number of benzene rings is 1. The molecule has 8 nitrogen and oxygen atoms in total. The fourth-order valence-electron chi connectivity index (χ4n) is 4.29. The average molecular weight is 487 g/mol. The van der Waals surface area contributed by atoms with Crippen LogP contribution in [0, 0.1) is 18.7 Å². The smallest absolute Gasteiger partial charge is 0.247 e. The van der Waals surface area contributed by atoms with Crippen molar-refractivity contribution in [2.75, 3.05) is 11.9 Å². The van der Waals surface area contributed by atoms with Crippen LogP contribution in [0.25, 0.3) is 0 Å². The summed E-state index contributed by atoms with van der Waals surface area (Å²) in [6.07, 6.45) is 4.23. The number of aromatic nitrogens is 1. The highest BCUT2D eigenvalue weighted by molar-refractivity contribution is 5.94. The molecule has 1 aliphatic rings. The van der Waals surface area contributed by atoms with Gasteiger partial charge >= 0.3 is 0 Å². The number of aryl methyl sites for hydroxylation is 1. The van der Waals surface area contributed by atoms with Gasteiger partial charge in [-0.25, -0.2) is 4.39 Å². The lowest BCUT2D eigenvalue weighted by atomic mass is 10.0. The highest BCUT2D eigenvalue weighted by Crippen LogP contribution is 2.27. The van der Waals surface area contributed by atoms with Gasteiger partial charge in [0.25, 0.3) is 0 Å². The maximum absolute atomic E-state index is 14.9. The molecule has 2 N–H and O–H groups in total. The van der Waals surface area contributed by atoms with Crippen LogP contribution in [0.3, 0.4) is 0 Å². The molecule has 1 heterocycles. The van der Waals surface area contributed by atoms with Crippen molar-refractivity contribution in [2.24, 2.45) is 5.92 Å². The van der Waals surface area contributed by atoms with Gasteiger partial charge in [-0.05, 0) is 38.2 Å². The van der Waals surface area contributed by atoms with Gasteiger partial charge < -0.3 is 20.1 Å². The van der Waals surface area contributed by atoms with E-state index in [0.717, 1.165) is 25.7 Å². The van der Waals surface area contributed by atoms with Crippen LogP contribution < -0.4 is 10.6 Å². The highest BCUT2D eigenvalue weighted by atomic mass is 19.1. The molecule has 1 saturated carbocycles. The predicted molar refractivity (Wildman–Crippen MR) is 130 cm³/mol. The number of carbonyl (C=O) groups excluding carboxylic acids is 3. The van der Waals surface area contributed by atoms with Crippen molar-refractivity contribution in [3.05, 3.63) is 47.5 Å². The summed E-state index contributed by atoms with van der Waals surface area (Å²) in [7, 11) is 0. The van der Waals surface area contributed by atoms with Gasteiger partial charge in [-0.3, -0.25) is 14.4 Å². The van der Waals surface area contributed by atoms with Crippen LogP contribution in [0.2, 0.25) is 0 Å². The molecule has 1 aromatic carbocycles. The minimum atomic E-state index is -1.11. The molecule has 3 amide bonds. The Morgan fingerprint density at radius 2 is 1.89 bits per heavy atom. The van der Waals surface area contributed by atoms with Gasteiger partial charge in [0.15, 0.2) is 5.82 Å². The number of amides is 3. The first-order chi connectivity index (χ1) is 16.7. The second-order valence-corrected chi connectivity index (χ2v) is 9.55. The predicted octanol–water partition coefficient (Wildman–Crippen LogP) is 4.52. The van der Waals surface area contributed by atoms with Gasteiger partial charge in [-0.1, -0.05) is 50.0 Å². The lowest BCUT2D eigenvalue weighted by Crippen LogP contribution is -2.47. The Hall–Kier alpha value is -3.23. The zero-order valence-corrected chi connectivity index (χ0v) is 20.7.